The summed E-state index contributed by atoms with van der Waals surface area (Å²) < 4.78 is 7.69. The van der Waals surface area contributed by atoms with E-state index in [1.807, 2.05) is 30.3 Å². The van der Waals surface area contributed by atoms with Crippen LogP contribution in [0.25, 0.3) is 28.2 Å². The van der Waals surface area contributed by atoms with Crippen LogP contribution in [0.2, 0.25) is 0 Å². The molecule has 1 aliphatic rings. The van der Waals surface area contributed by atoms with E-state index < -0.39 is 0 Å². The second-order valence-electron chi connectivity index (χ2n) is 7.03. The number of carbonyl (C=O) groups excluding carboxylic acids is 1. The highest BCUT2D eigenvalue weighted by Gasteiger charge is 2.25. The van der Waals surface area contributed by atoms with Crippen molar-refractivity contribution >= 4 is 50.1 Å². The molecular formula is C24H16BrN3O3. The highest BCUT2D eigenvalue weighted by molar-refractivity contribution is 9.10. The molecule has 7 heteroatoms. The number of amides is 1. The molecule has 0 bridgehead atoms. The van der Waals surface area contributed by atoms with Gasteiger partial charge in [-0.05, 0) is 48.5 Å². The molecule has 4 aromatic rings. The second kappa shape index (κ2) is 7.52. The first-order valence-corrected chi connectivity index (χ1v) is 10.3. The highest BCUT2D eigenvalue weighted by atomic mass is 79.9. The summed E-state index contributed by atoms with van der Waals surface area (Å²) in [6.45, 7) is 0. The Morgan fingerprint density at radius 2 is 1.87 bits per heavy atom. The number of nitrogens with zero attached hydrogens (tertiary/aromatic N) is 2. The highest BCUT2D eigenvalue weighted by Crippen LogP contribution is 2.35. The Morgan fingerprint density at radius 1 is 1.03 bits per heavy atom. The number of benzene rings is 3. The number of nitrogens with one attached hydrogen (secondary N) is 1. The van der Waals surface area contributed by atoms with Gasteiger partial charge in [0.2, 0.25) is 0 Å². The van der Waals surface area contributed by atoms with Crippen LogP contribution in [-0.2, 0) is 4.79 Å². The van der Waals surface area contributed by atoms with Crippen molar-refractivity contribution in [3.63, 3.8) is 0 Å². The van der Waals surface area contributed by atoms with Crippen molar-refractivity contribution in [3.8, 4) is 11.4 Å². The van der Waals surface area contributed by atoms with Crippen molar-refractivity contribution in [2.24, 2.45) is 0 Å². The van der Waals surface area contributed by atoms with Crippen LogP contribution in [0.4, 0.5) is 5.69 Å². The smallest absolute Gasteiger partial charge is 0.266 e. The van der Waals surface area contributed by atoms with E-state index in [0.717, 1.165) is 15.7 Å². The van der Waals surface area contributed by atoms with E-state index in [-0.39, 0.29) is 11.5 Å². The molecule has 3 aromatic carbocycles. The number of carbonyl (C=O) groups is 1. The largest absolute Gasteiger partial charge is 0.497 e. The van der Waals surface area contributed by atoms with Gasteiger partial charge in [-0.1, -0.05) is 34.1 Å². The van der Waals surface area contributed by atoms with E-state index in [4.69, 9.17) is 9.72 Å². The minimum absolute atomic E-state index is 0.224. The predicted octanol–water partition coefficient (Wildman–Crippen LogP) is 4.65. The van der Waals surface area contributed by atoms with Gasteiger partial charge in [0.1, 0.15) is 11.6 Å². The third-order valence-corrected chi connectivity index (χ3v) is 5.64. The van der Waals surface area contributed by atoms with Crippen molar-refractivity contribution in [2.45, 2.75) is 0 Å². The van der Waals surface area contributed by atoms with Crippen molar-refractivity contribution in [3.05, 3.63) is 92.9 Å². The van der Waals surface area contributed by atoms with E-state index >= 15 is 0 Å². The number of methoxy groups -OCH3 is 1. The van der Waals surface area contributed by atoms with Gasteiger partial charge in [0, 0.05) is 21.8 Å². The van der Waals surface area contributed by atoms with E-state index in [9.17, 15) is 9.59 Å². The lowest BCUT2D eigenvalue weighted by atomic mass is 10.1. The molecule has 152 valence electrons. The first kappa shape index (κ1) is 19.3. The molecule has 5 rings (SSSR count). The molecule has 31 heavy (non-hydrogen) atoms. The maximum absolute atomic E-state index is 13.4. The van der Waals surface area contributed by atoms with Crippen molar-refractivity contribution in [2.75, 3.05) is 12.4 Å². The summed E-state index contributed by atoms with van der Waals surface area (Å²) in [4.78, 5) is 30.9. The number of ether oxygens (including phenoxy) is 1. The molecule has 0 aliphatic carbocycles. The summed E-state index contributed by atoms with van der Waals surface area (Å²) in [7, 11) is 1.57. The third-order valence-electron chi connectivity index (χ3n) is 5.15. The van der Waals surface area contributed by atoms with Crippen LogP contribution in [0.5, 0.6) is 5.75 Å². The summed E-state index contributed by atoms with van der Waals surface area (Å²) in [5.74, 6) is 0.728. The number of fused-ring (bicyclic) bond motifs is 2. The van der Waals surface area contributed by atoms with Gasteiger partial charge in [0.15, 0.2) is 0 Å². The van der Waals surface area contributed by atoms with Crippen LogP contribution in [0.1, 0.15) is 11.4 Å². The standard InChI is InChI=1S/C24H16BrN3O3/c1-31-16-6-4-5-15(12-16)28-22(26-20-8-3-2-7-17(20)24(28)30)13-19-18-11-14(25)9-10-21(18)27-23(19)29/h2-13H,1H3,(H,27,29)/b19-13-. The molecule has 1 aromatic heterocycles. The zero-order chi connectivity index (χ0) is 21.5. The fraction of sp³-hybridized carbons (Fsp3) is 0.0417. The molecule has 1 aliphatic heterocycles. The molecule has 0 radical (unpaired) electrons. The summed E-state index contributed by atoms with van der Waals surface area (Å²) in [5.41, 5.74) is 2.84. The van der Waals surface area contributed by atoms with Crippen molar-refractivity contribution in [1.82, 2.24) is 9.55 Å². The summed E-state index contributed by atoms with van der Waals surface area (Å²) in [6, 6.07) is 19.9. The summed E-state index contributed by atoms with van der Waals surface area (Å²) in [5, 5.41) is 3.35. The second-order valence-corrected chi connectivity index (χ2v) is 7.95. The zero-order valence-corrected chi connectivity index (χ0v) is 18.0. The van der Waals surface area contributed by atoms with Crippen LogP contribution in [0.15, 0.2) is 76.0 Å². The van der Waals surface area contributed by atoms with Crippen LogP contribution in [0.3, 0.4) is 0 Å². The Kier molecular flexibility index (Phi) is 4.67. The van der Waals surface area contributed by atoms with Gasteiger partial charge in [0.25, 0.3) is 11.5 Å². The third kappa shape index (κ3) is 3.33. The van der Waals surface area contributed by atoms with Gasteiger partial charge in [-0.15, -0.1) is 0 Å². The Bertz CT molecular complexity index is 1460. The molecule has 6 nitrogen and oxygen atoms in total. The van der Waals surface area contributed by atoms with Crippen molar-refractivity contribution in [1.29, 1.82) is 0 Å². The van der Waals surface area contributed by atoms with Gasteiger partial charge < -0.3 is 10.1 Å². The maximum atomic E-state index is 13.4. The average Bonchev–Trinajstić information content (AvgIpc) is 3.08. The first-order valence-electron chi connectivity index (χ1n) is 9.54. The first-order chi connectivity index (χ1) is 15.0. The number of para-hydroxylation sites is 1. The fourth-order valence-corrected chi connectivity index (χ4v) is 4.04. The van der Waals surface area contributed by atoms with E-state index in [1.165, 1.54) is 4.57 Å². The number of rotatable bonds is 3. The predicted molar refractivity (Wildman–Crippen MR) is 125 cm³/mol. The molecule has 0 spiro atoms. The Hall–Kier alpha value is -3.71. The van der Waals surface area contributed by atoms with E-state index in [1.54, 1.807) is 49.6 Å². The minimum Gasteiger partial charge on any atom is -0.497 e. The van der Waals surface area contributed by atoms with Gasteiger partial charge in [0.05, 0.1) is 29.3 Å². The maximum Gasteiger partial charge on any atom is 0.266 e. The number of anilines is 1. The number of hydrogen-bond donors (Lipinski definition) is 1. The molecule has 0 unspecified atom stereocenters. The SMILES string of the molecule is COc1cccc(-n2c(/C=C3\C(=O)Nc4ccc(Br)cc43)nc3ccccc3c2=O)c1. The molecule has 0 saturated carbocycles. The van der Waals surface area contributed by atoms with Gasteiger partial charge in [-0.25, -0.2) is 4.98 Å². The number of halogens is 1. The Morgan fingerprint density at radius 3 is 2.71 bits per heavy atom. The lowest BCUT2D eigenvalue weighted by molar-refractivity contribution is -0.110. The monoisotopic (exact) mass is 473 g/mol. The van der Waals surface area contributed by atoms with Gasteiger partial charge in [-0.2, -0.15) is 0 Å². The lowest BCUT2D eigenvalue weighted by Gasteiger charge is -2.13. The molecule has 1 N–H and O–H groups in total. The Labute approximate surface area is 185 Å². The van der Waals surface area contributed by atoms with Crippen LogP contribution in [0, 0.1) is 0 Å². The van der Waals surface area contributed by atoms with Crippen molar-refractivity contribution < 1.29 is 9.53 Å². The molecule has 1 amide bonds. The number of aromatic nitrogens is 2. The van der Waals surface area contributed by atoms with Crippen LogP contribution in [-0.4, -0.2) is 22.6 Å². The molecule has 0 atom stereocenters. The van der Waals surface area contributed by atoms with E-state index in [0.29, 0.717) is 33.7 Å². The molecular weight excluding hydrogens is 458 g/mol. The Balaban J connectivity index is 1.81. The summed E-state index contributed by atoms with van der Waals surface area (Å²) in [6.07, 6.45) is 1.65. The number of hydrogen-bond acceptors (Lipinski definition) is 4. The van der Waals surface area contributed by atoms with E-state index in [2.05, 4.69) is 21.2 Å². The minimum atomic E-state index is -0.243. The molecule has 0 fully saturated rings. The molecule has 2 heterocycles. The lowest BCUT2D eigenvalue weighted by Crippen LogP contribution is -2.22. The normalized spacial score (nSPS) is 14.0. The topological polar surface area (TPSA) is 73.2 Å². The molecule has 0 saturated heterocycles. The quantitative estimate of drug-likeness (QED) is 0.439. The van der Waals surface area contributed by atoms with Crippen LogP contribution < -0.4 is 15.6 Å². The summed E-state index contributed by atoms with van der Waals surface area (Å²) >= 11 is 3.46. The average molecular weight is 474 g/mol. The zero-order valence-electron chi connectivity index (χ0n) is 16.4. The van der Waals surface area contributed by atoms with Gasteiger partial charge >= 0.3 is 0 Å². The van der Waals surface area contributed by atoms with Gasteiger partial charge in [-0.3, -0.25) is 14.2 Å². The van der Waals surface area contributed by atoms with Crippen LogP contribution >= 0.6 is 15.9 Å². The fourth-order valence-electron chi connectivity index (χ4n) is 3.68.